The molecule has 0 heterocycles. The molecule has 0 saturated heterocycles. The number of carbonyl (C=O) groups excluding carboxylic acids is 2. The number of rotatable bonds is 14. The maximum absolute atomic E-state index is 14.5. The van der Waals surface area contributed by atoms with Crippen molar-refractivity contribution in [1.82, 2.24) is 10.2 Å². The predicted molar refractivity (Wildman–Crippen MR) is 180 cm³/mol. The molecule has 0 aliphatic rings. The lowest BCUT2D eigenvalue weighted by Crippen LogP contribution is -2.53. The third-order valence-corrected chi connectivity index (χ3v) is 9.43. The van der Waals surface area contributed by atoms with Crippen LogP contribution in [0.1, 0.15) is 23.6 Å². The third-order valence-electron chi connectivity index (χ3n) is 7.41. The molecule has 2 amide bonds. The van der Waals surface area contributed by atoms with E-state index >= 15 is 0 Å². The van der Waals surface area contributed by atoms with E-state index in [1.165, 1.54) is 37.3 Å². The van der Waals surface area contributed by atoms with Gasteiger partial charge in [0.05, 0.1) is 24.8 Å². The van der Waals surface area contributed by atoms with Crippen LogP contribution in [0, 0.1) is 6.92 Å². The first-order chi connectivity index (χ1) is 22.1. The van der Waals surface area contributed by atoms with Crippen LogP contribution in [0.2, 0.25) is 5.02 Å². The predicted octanol–water partition coefficient (Wildman–Crippen LogP) is 5.64. The van der Waals surface area contributed by atoms with Gasteiger partial charge in [0.2, 0.25) is 11.8 Å². The number of nitrogens with zero attached hydrogens (tertiary/aromatic N) is 2. The van der Waals surface area contributed by atoms with Gasteiger partial charge in [-0.3, -0.25) is 13.9 Å². The summed E-state index contributed by atoms with van der Waals surface area (Å²) in [5, 5.41) is 3.32. The number of amides is 2. The van der Waals surface area contributed by atoms with Crippen molar-refractivity contribution in [2.45, 2.75) is 37.8 Å². The summed E-state index contributed by atoms with van der Waals surface area (Å²) in [6.45, 7) is 3.42. The monoisotopic (exact) mass is 663 g/mol. The molecule has 0 spiro atoms. The maximum Gasteiger partial charge on any atom is 0.264 e. The Hall–Kier alpha value is -4.54. The summed E-state index contributed by atoms with van der Waals surface area (Å²) >= 11 is 6.29. The van der Waals surface area contributed by atoms with Crippen molar-refractivity contribution in [3.63, 3.8) is 0 Å². The van der Waals surface area contributed by atoms with E-state index in [9.17, 15) is 18.0 Å². The van der Waals surface area contributed by atoms with Gasteiger partial charge in [0.1, 0.15) is 12.6 Å². The quantitative estimate of drug-likeness (QED) is 0.187. The summed E-state index contributed by atoms with van der Waals surface area (Å²) in [4.78, 5) is 29.6. The number of benzene rings is 4. The number of methoxy groups -OCH3 is 2. The van der Waals surface area contributed by atoms with Crippen LogP contribution in [-0.2, 0) is 32.6 Å². The maximum atomic E-state index is 14.5. The van der Waals surface area contributed by atoms with Crippen LogP contribution >= 0.6 is 11.6 Å². The van der Waals surface area contributed by atoms with Crippen molar-refractivity contribution >= 4 is 39.1 Å². The fraction of sp³-hybridized carbons (Fsp3) is 0.257. The smallest absolute Gasteiger partial charge is 0.264 e. The fourth-order valence-corrected chi connectivity index (χ4v) is 6.64. The van der Waals surface area contributed by atoms with Gasteiger partial charge in [0, 0.05) is 30.6 Å². The van der Waals surface area contributed by atoms with Gasteiger partial charge in [-0.25, -0.2) is 8.42 Å². The molecular weight excluding hydrogens is 626 g/mol. The third kappa shape index (κ3) is 8.38. The fourth-order valence-electron chi connectivity index (χ4n) is 5.02. The first kappa shape index (κ1) is 34.3. The van der Waals surface area contributed by atoms with Crippen molar-refractivity contribution in [3.8, 4) is 11.5 Å². The molecule has 242 valence electrons. The van der Waals surface area contributed by atoms with Gasteiger partial charge in [-0.1, -0.05) is 71.8 Å². The van der Waals surface area contributed by atoms with Crippen LogP contribution in [0.5, 0.6) is 11.5 Å². The Bertz CT molecular complexity index is 1750. The van der Waals surface area contributed by atoms with E-state index in [1.807, 2.05) is 37.3 Å². The number of ether oxygens (including phenoxy) is 2. The molecule has 0 aromatic heterocycles. The van der Waals surface area contributed by atoms with Crippen molar-refractivity contribution < 1.29 is 27.5 Å². The SMILES string of the molecule is CCNC(=O)[C@@H](Cc1ccccc1)N(Cc1cccc(Cl)c1)C(=O)CN(c1ccc(OC)c(OC)c1)S(=O)(=O)c1ccc(C)cc1. The summed E-state index contributed by atoms with van der Waals surface area (Å²) in [6, 6.07) is 26.4. The Labute approximate surface area is 275 Å². The van der Waals surface area contributed by atoms with Crippen molar-refractivity contribution in [3.05, 3.63) is 119 Å². The van der Waals surface area contributed by atoms with Gasteiger partial charge in [-0.15, -0.1) is 0 Å². The summed E-state index contributed by atoms with van der Waals surface area (Å²) < 4.78 is 40.3. The second kappa shape index (κ2) is 15.6. The Balaban J connectivity index is 1.83. The lowest BCUT2D eigenvalue weighted by molar-refractivity contribution is -0.140. The molecule has 0 aliphatic carbocycles. The minimum absolute atomic E-state index is 0.00615. The van der Waals surface area contributed by atoms with Crippen LogP contribution in [0.4, 0.5) is 5.69 Å². The molecule has 0 saturated carbocycles. The molecule has 46 heavy (non-hydrogen) atoms. The number of halogens is 1. The van der Waals surface area contributed by atoms with Crippen LogP contribution in [-0.4, -0.2) is 58.5 Å². The van der Waals surface area contributed by atoms with Gasteiger partial charge in [-0.2, -0.15) is 0 Å². The van der Waals surface area contributed by atoms with Crippen LogP contribution in [0.3, 0.4) is 0 Å². The molecule has 0 bridgehead atoms. The van der Waals surface area contributed by atoms with Crippen molar-refractivity contribution in [2.75, 3.05) is 31.6 Å². The zero-order chi connectivity index (χ0) is 33.3. The van der Waals surface area contributed by atoms with Gasteiger partial charge in [-0.05, 0) is 61.4 Å². The van der Waals surface area contributed by atoms with Gasteiger partial charge in [0.15, 0.2) is 11.5 Å². The minimum Gasteiger partial charge on any atom is -0.493 e. The average Bonchev–Trinajstić information content (AvgIpc) is 3.05. The standard InChI is InChI=1S/C35H38ClN3O6S/c1-5-37-35(41)31(21-26-10-7-6-8-11-26)38(23-27-12-9-13-28(36)20-27)34(40)24-39(29-16-19-32(44-3)33(22-29)45-4)46(42,43)30-17-14-25(2)15-18-30/h6-20,22,31H,5,21,23-24H2,1-4H3,(H,37,41)/t31-/m1/s1. The molecule has 4 aromatic rings. The van der Waals surface area contributed by atoms with Crippen LogP contribution in [0.25, 0.3) is 0 Å². The topological polar surface area (TPSA) is 105 Å². The van der Waals surface area contributed by atoms with Gasteiger partial charge < -0.3 is 19.7 Å². The number of nitrogens with one attached hydrogen (secondary N) is 1. The van der Waals surface area contributed by atoms with E-state index in [4.69, 9.17) is 21.1 Å². The second-order valence-corrected chi connectivity index (χ2v) is 12.9. The lowest BCUT2D eigenvalue weighted by Gasteiger charge is -2.34. The summed E-state index contributed by atoms with van der Waals surface area (Å²) in [7, 11) is -1.35. The zero-order valence-corrected chi connectivity index (χ0v) is 27.8. The second-order valence-electron chi connectivity index (χ2n) is 10.6. The Morgan fingerprint density at radius 3 is 2.15 bits per heavy atom. The number of carbonyl (C=O) groups is 2. The largest absolute Gasteiger partial charge is 0.493 e. The molecule has 1 atom stereocenters. The molecular formula is C35H38ClN3O6S. The summed E-state index contributed by atoms with van der Waals surface area (Å²) in [6.07, 6.45) is 0.208. The van der Waals surface area contributed by atoms with Gasteiger partial charge >= 0.3 is 0 Å². The normalized spacial score (nSPS) is 11.8. The molecule has 11 heteroatoms. The minimum atomic E-state index is -4.27. The van der Waals surface area contributed by atoms with E-state index in [0.717, 1.165) is 15.4 Å². The molecule has 0 fully saturated rings. The highest BCUT2D eigenvalue weighted by molar-refractivity contribution is 7.92. The number of likely N-dealkylation sites (N-methyl/N-ethyl adjacent to an activating group) is 1. The molecule has 4 aromatic carbocycles. The van der Waals surface area contributed by atoms with Crippen LogP contribution in [0.15, 0.2) is 102 Å². The first-order valence-electron chi connectivity index (χ1n) is 14.7. The summed E-state index contributed by atoms with van der Waals surface area (Å²) in [5.41, 5.74) is 2.59. The first-order valence-corrected chi connectivity index (χ1v) is 16.6. The van der Waals surface area contributed by atoms with Crippen LogP contribution < -0.4 is 19.1 Å². The van der Waals surface area contributed by atoms with Gasteiger partial charge in [0.25, 0.3) is 10.0 Å². The molecule has 1 N–H and O–H groups in total. The zero-order valence-electron chi connectivity index (χ0n) is 26.3. The van der Waals surface area contributed by atoms with E-state index in [-0.39, 0.29) is 35.2 Å². The number of sulfonamides is 1. The number of aryl methyl sites for hydroxylation is 1. The molecule has 0 aliphatic heterocycles. The van der Waals surface area contributed by atoms with E-state index in [0.29, 0.717) is 22.9 Å². The van der Waals surface area contributed by atoms with Crippen molar-refractivity contribution in [1.29, 1.82) is 0 Å². The Morgan fingerprint density at radius 2 is 1.52 bits per heavy atom. The van der Waals surface area contributed by atoms with E-state index < -0.39 is 28.5 Å². The lowest BCUT2D eigenvalue weighted by atomic mass is 10.0. The Morgan fingerprint density at radius 1 is 0.848 bits per heavy atom. The highest BCUT2D eigenvalue weighted by Gasteiger charge is 2.35. The average molecular weight is 664 g/mol. The number of anilines is 1. The van der Waals surface area contributed by atoms with Crippen molar-refractivity contribution in [2.24, 2.45) is 0 Å². The number of hydrogen-bond acceptors (Lipinski definition) is 6. The van der Waals surface area contributed by atoms with E-state index in [1.54, 1.807) is 55.5 Å². The molecule has 4 rings (SSSR count). The van der Waals surface area contributed by atoms with E-state index in [2.05, 4.69) is 5.32 Å². The molecule has 0 unspecified atom stereocenters. The molecule has 9 nitrogen and oxygen atoms in total. The number of hydrogen-bond donors (Lipinski definition) is 1. The molecule has 0 radical (unpaired) electrons. The highest BCUT2D eigenvalue weighted by atomic mass is 35.5. The summed E-state index contributed by atoms with van der Waals surface area (Å²) in [5.74, 6) is -0.262. The highest BCUT2D eigenvalue weighted by Crippen LogP contribution is 2.34. The Kier molecular flexibility index (Phi) is 11.7.